The van der Waals surface area contributed by atoms with Crippen LogP contribution in [0.5, 0.6) is 5.75 Å². The second-order valence-electron chi connectivity index (χ2n) is 5.88. The van der Waals surface area contributed by atoms with E-state index in [0.717, 1.165) is 5.56 Å². The van der Waals surface area contributed by atoms with Gasteiger partial charge in [0.2, 0.25) is 0 Å². The highest BCUT2D eigenvalue weighted by atomic mass is 16.3. The normalized spacial score (nSPS) is 11.4. The quantitative estimate of drug-likeness (QED) is 0.855. The van der Waals surface area contributed by atoms with Crippen LogP contribution in [0.1, 0.15) is 43.6 Å². The van der Waals surface area contributed by atoms with Crippen LogP contribution in [0.3, 0.4) is 0 Å². The third-order valence-corrected chi connectivity index (χ3v) is 3.61. The molecule has 0 fully saturated rings. The molecule has 0 unspecified atom stereocenters. The van der Waals surface area contributed by atoms with E-state index < -0.39 is 0 Å². The fourth-order valence-corrected chi connectivity index (χ4v) is 2.38. The summed E-state index contributed by atoms with van der Waals surface area (Å²) in [7, 11) is 0. The van der Waals surface area contributed by atoms with Crippen molar-refractivity contribution in [2.24, 2.45) is 17.8 Å². The molecule has 0 saturated heterocycles. The first-order chi connectivity index (χ1) is 8.82. The van der Waals surface area contributed by atoms with Crippen molar-refractivity contribution < 1.29 is 9.90 Å². The van der Waals surface area contributed by atoms with Crippen molar-refractivity contribution in [1.29, 1.82) is 0 Å². The van der Waals surface area contributed by atoms with Gasteiger partial charge in [-0.2, -0.15) is 0 Å². The number of rotatable bonds is 5. The van der Waals surface area contributed by atoms with E-state index >= 15 is 0 Å². The SMILES string of the molecule is Cc1ccc(C(=O)NCC(C(C)C)C(C)C)c(O)c1. The highest BCUT2D eigenvalue weighted by Gasteiger charge is 2.19. The van der Waals surface area contributed by atoms with Gasteiger partial charge in [-0.25, -0.2) is 0 Å². The second kappa shape index (κ2) is 6.60. The predicted octanol–water partition coefficient (Wildman–Crippen LogP) is 3.36. The summed E-state index contributed by atoms with van der Waals surface area (Å²) in [6.45, 7) is 11.2. The molecule has 19 heavy (non-hydrogen) atoms. The van der Waals surface area contributed by atoms with E-state index in [1.807, 2.05) is 13.0 Å². The average molecular weight is 263 g/mol. The number of hydrogen-bond donors (Lipinski definition) is 2. The third kappa shape index (κ3) is 4.27. The van der Waals surface area contributed by atoms with Gasteiger partial charge in [-0.05, 0) is 42.4 Å². The van der Waals surface area contributed by atoms with Crippen LogP contribution >= 0.6 is 0 Å². The Balaban J connectivity index is 2.69. The maximum absolute atomic E-state index is 12.1. The molecule has 0 radical (unpaired) electrons. The Bertz CT molecular complexity index is 430. The molecule has 106 valence electrons. The summed E-state index contributed by atoms with van der Waals surface area (Å²) < 4.78 is 0. The zero-order chi connectivity index (χ0) is 14.6. The molecule has 3 heteroatoms. The Kier molecular flexibility index (Phi) is 5.40. The fraction of sp³-hybridized carbons (Fsp3) is 0.562. The van der Waals surface area contributed by atoms with Gasteiger partial charge in [-0.1, -0.05) is 33.8 Å². The minimum absolute atomic E-state index is 0.0446. The number of amides is 1. The number of nitrogens with one attached hydrogen (secondary N) is 1. The van der Waals surface area contributed by atoms with Crippen LogP contribution in [-0.4, -0.2) is 17.6 Å². The first-order valence-electron chi connectivity index (χ1n) is 6.90. The summed E-state index contributed by atoms with van der Waals surface area (Å²) in [5.74, 6) is 1.32. The number of aromatic hydroxyl groups is 1. The fourth-order valence-electron chi connectivity index (χ4n) is 2.38. The third-order valence-electron chi connectivity index (χ3n) is 3.61. The van der Waals surface area contributed by atoms with Crippen LogP contribution in [0, 0.1) is 24.7 Å². The van der Waals surface area contributed by atoms with Gasteiger partial charge in [0.05, 0.1) is 5.56 Å². The van der Waals surface area contributed by atoms with Crippen molar-refractivity contribution in [3.8, 4) is 5.75 Å². The van der Waals surface area contributed by atoms with Gasteiger partial charge in [-0.3, -0.25) is 4.79 Å². The summed E-state index contributed by atoms with van der Waals surface area (Å²) in [4.78, 5) is 12.1. The highest BCUT2D eigenvalue weighted by molar-refractivity contribution is 5.96. The first kappa shape index (κ1) is 15.5. The minimum atomic E-state index is -0.205. The van der Waals surface area contributed by atoms with E-state index in [2.05, 4.69) is 33.0 Å². The van der Waals surface area contributed by atoms with Crippen LogP contribution < -0.4 is 5.32 Å². The molecule has 2 N–H and O–H groups in total. The lowest BCUT2D eigenvalue weighted by atomic mass is 9.85. The monoisotopic (exact) mass is 263 g/mol. The Morgan fingerprint density at radius 1 is 1.21 bits per heavy atom. The van der Waals surface area contributed by atoms with E-state index in [9.17, 15) is 9.90 Å². The Labute approximate surface area is 116 Å². The van der Waals surface area contributed by atoms with E-state index in [-0.39, 0.29) is 11.7 Å². The molecular formula is C16H25NO2. The molecule has 0 aromatic heterocycles. The summed E-state index contributed by atoms with van der Waals surface area (Å²) in [5.41, 5.74) is 1.29. The maximum Gasteiger partial charge on any atom is 0.255 e. The van der Waals surface area contributed by atoms with E-state index in [4.69, 9.17) is 0 Å². The van der Waals surface area contributed by atoms with Crippen LogP contribution in [0.25, 0.3) is 0 Å². The van der Waals surface area contributed by atoms with Crippen LogP contribution in [-0.2, 0) is 0 Å². The highest BCUT2D eigenvalue weighted by Crippen LogP contribution is 2.21. The molecule has 1 aromatic rings. The molecule has 0 atom stereocenters. The molecule has 0 aliphatic heterocycles. The predicted molar refractivity (Wildman–Crippen MR) is 78.3 cm³/mol. The molecule has 0 spiro atoms. The number of benzene rings is 1. The van der Waals surface area contributed by atoms with E-state index in [0.29, 0.717) is 29.9 Å². The lowest BCUT2D eigenvalue weighted by Crippen LogP contribution is -2.33. The average Bonchev–Trinajstić information content (AvgIpc) is 2.27. The van der Waals surface area contributed by atoms with E-state index in [1.165, 1.54) is 0 Å². The van der Waals surface area contributed by atoms with Gasteiger partial charge in [0.15, 0.2) is 0 Å². The number of phenolic OH excluding ortho intramolecular Hbond substituents is 1. The maximum atomic E-state index is 12.1. The Morgan fingerprint density at radius 2 is 1.79 bits per heavy atom. The zero-order valence-electron chi connectivity index (χ0n) is 12.5. The van der Waals surface area contributed by atoms with Crippen molar-refractivity contribution >= 4 is 5.91 Å². The zero-order valence-corrected chi connectivity index (χ0v) is 12.5. The number of carbonyl (C=O) groups excluding carboxylic acids is 1. The van der Waals surface area contributed by atoms with Crippen molar-refractivity contribution in [3.05, 3.63) is 29.3 Å². The van der Waals surface area contributed by atoms with Crippen LogP contribution in [0.15, 0.2) is 18.2 Å². The van der Waals surface area contributed by atoms with Gasteiger partial charge in [-0.15, -0.1) is 0 Å². The van der Waals surface area contributed by atoms with E-state index in [1.54, 1.807) is 12.1 Å². The summed E-state index contributed by atoms with van der Waals surface area (Å²) in [6, 6.07) is 5.11. The Hall–Kier alpha value is -1.51. The van der Waals surface area contributed by atoms with Crippen molar-refractivity contribution in [2.45, 2.75) is 34.6 Å². The first-order valence-corrected chi connectivity index (χ1v) is 6.90. The number of carbonyl (C=O) groups is 1. The van der Waals surface area contributed by atoms with Crippen molar-refractivity contribution in [2.75, 3.05) is 6.54 Å². The molecular weight excluding hydrogens is 238 g/mol. The largest absolute Gasteiger partial charge is 0.507 e. The summed E-state index contributed by atoms with van der Waals surface area (Å²) >= 11 is 0. The molecule has 3 nitrogen and oxygen atoms in total. The van der Waals surface area contributed by atoms with Gasteiger partial charge >= 0.3 is 0 Å². The lowest BCUT2D eigenvalue weighted by molar-refractivity contribution is 0.0934. The molecule has 1 rings (SSSR count). The van der Waals surface area contributed by atoms with Crippen molar-refractivity contribution in [1.82, 2.24) is 5.32 Å². The number of phenols is 1. The number of hydrogen-bond acceptors (Lipinski definition) is 2. The van der Waals surface area contributed by atoms with Gasteiger partial charge in [0.1, 0.15) is 5.75 Å². The van der Waals surface area contributed by atoms with Gasteiger partial charge in [0, 0.05) is 6.54 Å². The minimum Gasteiger partial charge on any atom is -0.507 e. The summed E-state index contributed by atoms with van der Waals surface area (Å²) in [5, 5.41) is 12.7. The second-order valence-corrected chi connectivity index (χ2v) is 5.88. The van der Waals surface area contributed by atoms with Gasteiger partial charge in [0.25, 0.3) is 5.91 Å². The molecule has 0 bridgehead atoms. The van der Waals surface area contributed by atoms with Crippen molar-refractivity contribution in [3.63, 3.8) is 0 Å². The molecule has 1 aromatic carbocycles. The molecule has 1 amide bonds. The molecule has 0 heterocycles. The Morgan fingerprint density at radius 3 is 2.26 bits per heavy atom. The lowest BCUT2D eigenvalue weighted by Gasteiger charge is -2.25. The molecule has 0 saturated carbocycles. The smallest absolute Gasteiger partial charge is 0.255 e. The summed E-state index contributed by atoms with van der Waals surface area (Å²) in [6.07, 6.45) is 0. The number of aryl methyl sites for hydroxylation is 1. The standard InChI is InChI=1S/C16H25NO2/c1-10(2)14(11(3)4)9-17-16(19)13-7-6-12(5)8-15(13)18/h6-8,10-11,14,18H,9H2,1-5H3,(H,17,19). The van der Waals surface area contributed by atoms with Crippen LogP contribution in [0.4, 0.5) is 0 Å². The molecule has 0 aliphatic carbocycles. The molecule has 0 aliphatic rings. The van der Waals surface area contributed by atoms with Gasteiger partial charge < -0.3 is 10.4 Å². The topological polar surface area (TPSA) is 49.3 Å². The van der Waals surface area contributed by atoms with Crippen LogP contribution in [0.2, 0.25) is 0 Å².